The van der Waals surface area contributed by atoms with Crippen molar-refractivity contribution in [3.63, 3.8) is 0 Å². The lowest BCUT2D eigenvalue weighted by Crippen LogP contribution is -2.36. The predicted octanol–water partition coefficient (Wildman–Crippen LogP) is 2.97. The number of nitrogens with zero attached hydrogens (tertiary/aromatic N) is 2. The van der Waals surface area contributed by atoms with Crippen LogP contribution in [0.3, 0.4) is 0 Å². The molecule has 0 spiro atoms. The zero-order valence-electron chi connectivity index (χ0n) is 10.3. The number of alkyl halides is 1. The van der Waals surface area contributed by atoms with Crippen LogP contribution in [0.5, 0.6) is 0 Å². The molecule has 2 heterocycles. The average molecular weight is 253 g/mol. The van der Waals surface area contributed by atoms with Gasteiger partial charge in [0.05, 0.1) is 0 Å². The molecule has 1 fully saturated rings. The number of hydrogen-bond acceptors (Lipinski definition) is 2. The highest BCUT2D eigenvalue weighted by Crippen LogP contribution is 2.17. The minimum Gasteiger partial charge on any atom is -0.303 e. The molecule has 1 aromatic heterocycles. The topological polar surface area (TPSA) is 16.1 Å². The van der Waals surface area contributed by atoms with Gasteiger partial charge in [0.1, 0.15) is 0 Å². The van der Waals surface area contributed by atoms with Crippen molar-refractivity contribution in [1.82, 2.24) is 9.88 Å². The second-order valence-electron chi connectivity index (χ2n) is 4.93. The van der Waals surface area contributed by atoms with Gasteiger partial charge in [-0.15, -0.1) is 11.6 Å². The van der Waals surface area contributed by atoms with Crippen molar-refractivity contribution in [3.8, 4) is 0 Å². The van der Waals surface area contributed by atoms with Crippen molar-refractivity contribution in [2.24, 2.45) is 5.92 Å². The Balaban J connectivity index is 1.68. The fourth-order valence-electron chi connectivity index (χ4n) is 2.53. The molecule has 0 saturated carbocycles. The molecule has 0 aliphatic carbocycles. The van der Waals surface area contributed by atoms with E-state index in [1.165, 1.54) is 44.5 Å². The summed E-state index contributed by atoms with van der Waals surface area (Å²) in [6.07, 6.45) is 8.78. The van der Waals surface area contributed by atoms with Crippen LogP contribution in [0, 0.1) is 5.92 Å². The van der Waals surface area contributed by atoms with Crippen LogP contribution >= 0.6 is 11.6 Å². The lowest BCUT2D eigenvalue weighted by atomic mass is 10.00. The summed E-state index contributed by atoms with van der Waals surface area (Å²) < 4.78 is 0. The second-order valence-corrected chi connectivity index (χ2v) is 5.24. The molecule has 2 rings (SSSR count). The fraction of sp³-hybridized carbons (Fsp3) is 0.643. The minimum absolute atomic E-state index is 0.712. The molecule has 1 aliphatic rings. The first-order valence-corrected chi connectivity index (χ1v) is 7.09. The molecule has 1 unspecified atom stereocenters. The number of halogens is 1. The maximum absolute atomic E-state index is 5.94. The summed E-state index contributed by atoms with van der Waals surface area (Å²) in [7, 11) is 0. The molecule has 94 valence electrons. The molecule has 0 bridgehead atoms. The van der Waals surface area contributed by atoms with Gasteiger partial charge in [0, 0.05) is 24.8 Å². The van der Waals surface area contributed by atoms with Crippen LogP contribution in [-0.4, -0.2) is 35.4 Å². The van der Waals surface area contributed by atoms with Gasteiger partial charge in [-0.05, 0) is 56.3 Å². The van der Waals surface area contributed by atoms with E-state index in [4.69, 9.17) is 11.6 Å². The summed E-state index contributed by atoms with van der Waals surface area (Å²) in [6, 6.07) is 4.17. The van der Waals surface area contributed by atoms with E-state index in [0.29, 0.717) is 5.92 Å². The third-order valence-electron chi connectivity index (χ3n) is 3.48. The van der Waals surface area contributed by atoms with E-state index in [1.54, 1.807) is 0 Å². The largest absolute Gasteiger partial charge is 0.303 e. The number of piperidine rings is 1. The normalized spacial score (nSPS) is 21.6. The standard InChI is InChI=1S/C14H21ClN2/c15-10-14-6-3-9-17(12-14)8-2-5-13-4-1-7-16-11-13/h1,4,7,11,14H,2-3,5-6,8-10,12H2. The van der Waals surface area contributed by atoms with E-state index in [9.17, 15) is 0 Å². The van der Waals surface area contributed by atoms with Gasteiger partial charge in [-0.2, -0.15) is 0 Å². The monoisotopic (exact) mass is 252 g/mol. The summed E-state index contributed by atoms with van der Waals surface area (Å²) in [4.78, 5) is 6.71. The number of hydrogen-bond donors (Lipinski definition) is 0. The molecule has 0 N–H and O–H groups in total. The molecule has 17 heavy (non-hydrogen) atoms. The van der Waals surface area contributed by atoms with Crippen molar-refractivity contribution in [2.45, 2.75) is 25.7 Å². The number of rotatable bonds is 5. The molecule has 0 radical (unpaired) electrons. The van der Waals surface area contributed by atoms with Gasteiger partial charge in [-0.1, -0.05) is 6.07 Å². The van der Waals surface area contributed by atoms with Crippen LogP contribution in [0.2, 0.25) is 0 Å². The first kappa shape index (κ1) is 12.8. The Morgan fingerprint density at radius 1 is 1.47 bits per heavy atom. The SMILES string of the molecule is ClCC1CCCN(CCCc2cccnc2)C1. The Morgan fingerprint density at radius 3 is 3.18 bits per heavy atom. The van der Waals surface area contributed by atoms with Gasteiger partial charge < -0.3 is 4.90 Å². The quantitative estimate of drug-likeness (QED) is 0.749. The molecule has 1 saturated heterocycles. The van der Waals surface area contributed by atoms with E-state index in [2.05, 4.69) is 16.0 Å². The number of pyridine rings is 1. The molecule has 1 aromatic rings. The zero-order chi connectivity index (χ0) is 11.9. The maximum Gasteiger partial charge on any atom is 0.0299 e. The lowest BCUT2D eigenvalue weighted by Gasteiger charge is -2.31. The van der Waals surface area contributed by atoms with E-state index >= 15 is 0 Å². The fourth-order valence-corrected chi connectivity index (χ4v) is 2.79. The Labute approximate surface area is 109 Å². The molecule has 2 nitrogen and oxygen atoms in total. The van der Waals surface area contributed by atoms with Crippen LogP contribution in [-0.2, 0) is 6.42 Å². The molecule has 1 aliphatic heterocycles. The smallest absolute Gasteiger partial charge is 0.0299 e. The van der Waals surface area contributed by atoms with Crippen molar-refractivity contribution in [2.75, 3.05) is 25.5 Å². The Kier molecular flexibility index (Phi) is 5.27. The van der Waals surface area contributed by atoms with Gasteiger partial charge >= 0.3 is 0 Å². The van der Waals surface area contributed by atoms with Crippen LogP contribution < -0.4 is 0 Å². The summed E-state index contributed by atoms with van der Waals surface area (Å²) in [5.41, 5.74) is 1.35. The molecule has 3 heteroatoms. The van der Waals surface area contributed by atoms with Crippen molar-refractivity contribution < 1.29 is 0 Å². The van der Waals surface area contributed by atoms with Crippen LogP contribution in [0.25, 0.3) is 0 Å². The third kappa shape index (κ3) is 4.29. The number of aryl methyl sites for hydroxylation is 1. The first-order chi connectivity index (χ1) is 8.38. The highest BCUT2D eigenvalue weighted by atomic mass is 35.5. The second kappa shape index (κ2) is 6.97. The number of likely N-dealkylation sites (tertiary alicyclic amines) is 1. The van der Waals surface area contributed by atoms with Gasteiger partial charge in [-0.25, -0.2) is 0 Å². The van der Waals surface area contributed by atoms with Gasteiger partial charge in [0.25, 0.3) is 0 Å². The Morgan fingerprint density at radius 2 is 2.41 bits per heavy atom. The molecule has 0 aromatic carbocycles. The average Bonchev–Trinajstić information content (AvgIpc) is 2.40. The van der Waals surface area contributed by atoms with Crippen LogP contribution in [0.15, 0.2) is 24.5 Å². The van der Waals surface area contributed by atoms with Crippen LogP contribution in [0.4, 0.5) is 0 Å². The summed E-state index contributed by atoms with van der Waals surface area (Å²) in [5.74, 6) is 1.53. The van der Waals surface area contributed by atoms with E-state index in [0.717, 1.165) is 12.3 Å². The molecular weight excluding hydrogens is 232 g/mol. The zero-order valence-corrected chi connectivity index (χ0v) is 11.1. The Bertz CT molecular complexity index is 315. The maximum atomic E-state index is 5.94. The highest BCUT2D eigenvalue weighted by molar-refractivity contribution is 6.18. The van der Waals surface area contributed by atoms with Crippen molar-refractivity contribution in [1.29, 1.82) is 0 Å². The summed E-state index contributed by atoms with van der Waals surface area (Å²) in [5, 5.41) is 0. The molecule has 0 amide bonds. The summed E-state index contributed by atoms with van der Waals surface area (Å²) in [6.45, 7) is 3.64. The molecular formula is C14H21ClN2. The van der Waals surface area contributed by atoms with E-state index in [1.807, 2.05) is 18.5 Å². The van der Waals surface area contributed by atoms with E-state index in [-0.39, 0.29) is 0 Å². The predicted molar refractivity (Wildman–Crippen MR) is 72.4 cm³/mol. The summed E-state index contributed by atoms with van der Waals surface area (Å²) >= 11 is 5.94. The van der Waals surface area contributed by atoms with Crippen molar-refractivity contribution in [3.05, 3.63) is 30.1 Å². The minimum atomic E-state index is 0.712. The van der Waals surface area contributed by atoms with Gasteiger partial charge in [0.2, 0.25) is 0 Å². The third-order valence-corrected chi connectivity index (χ3v) is 3.92. The first-order valence-electron chi connectivity index (χ1n) is 6.55. The highest BCUT2D eigenvalue weighted by Gasteiger charge is 2.18. The van der Waals surface area contributed by atoms with Gasteiger partial charge in [-0.3, -0.25) is 4.98 Å². The van der Waals surface area contributed by atoms with E-state index < -0.39 is 0 Å². The molecule has 1 atom stereocenters. The van der Waals surface area contributed by atoms with Crippen molar-refractivity contribution >= 4 is 11.6 Å². The van der Waals surface area contributed by atoms with Gasteiger partial charge in [0.15, 0.2) is 0 Å². The number of aromatic nitrogens is 1. The van der Waals surface area contributed by atoms with Crippen LogP contribution in [0.1, 0.15) is 24.8 Å². The lowest BCUT2D eigenvalue weighted by molar-refractivity contribution is 0.184. The Hall–Kier alpha value is -0.600.